The minimum Gasteiger partial charge on any atom is -0.395 e. The van der Waals surface area contributed by atoms with Gasteiger partial charge in [-0.2, -0.15) is 5.26 Å². The van der Waals surface area contributed by atoms with Crippen LogP contribution in [0.2, 0.25) is 0 Å². The molecule has 0 saturated carbocycles. The molecule has 1 N–H and O–H groups in total. The predicted molar refractivity (Wildman–Crippen MR) is 80.2 cm³/mol. The predicted octanol–water partition coefficient (Wildman–Crippen LogP) is 3.05. The Morgan fingerprint density at radius 1 is 1.25 bits per heavy atom. The highest BCUT2D eigenvalue weighted by Gasteiger charge is 2.24. The molecule has 0 fully saturated rings. The number of aliphatic hydroxyl groups excluding tert-OH is 1. The number of aliphatic hydroxyl groups is 1. The molecule has 0 bridgehead atoms. The Hall–Kier alpha value is -1.37. The largest absolute Gasteiger partial charge is 0.395 e. The second-order valence-corrected chi connectivity index (χ2v) is 5.48. The van der Waals surface area contributed by atoms with E-state index >= 15 is 0 Å². The van der Waals surface area contributed by atoms with Crippen molar-refractivity contribution in [2.75, 3.05) is 19.7 Å². The van der Waals surface area contributed by atoms with E-state index < -0.39 is 0 Å². The second kappa shape index (κ2) is 8.04. The van der Waals surface area contributed by atoms with Gasteiger partial charge in [0, 0.05) is 19.0 Å². The molecule has 108 valence electrons. The van der Waals surface area contributed by atoms with Crippen molar-refractivity contribution in [3.63, 3.8) is 0 Å². The van der Waals surface area contributed by atoms with E-state index in [4.69, 9.17) is 5.26 Å². The van der Waals surface area contributed by atoms with Crippen molar-refractivity contribution < 1.29 is 5.11 Å². The van der Waals surface area contributed by atoms with Crippen LogP contribution >= 0.6 is 0 Å². The molecule has 0 saturated heterocycles. The van der Waals surface area contributed by atoms with Gasteiger partial charge in [-0.25, -0.2) is 0 Å². The quantitative estimate of drug-likeness (QED) is 0.776. The van der Waals surface area contributed by atoms with Crippen LogP contribution in [0.15, 0.2) is 24.3 Å². The molecule has 0 spiro atoms. The molecule has 0 amide bonds. The van der Waals surface area contributed by atoms with Gasteiger partial charge in [-0.15, -0.1) is 0 Å². The van der Waals surface area contributed by atoms with Crippen molar-refractivity contribution in [1.82, 2.24) is 4.90 Å². The van der Waals surface area contributed by atoms with Crippen molar-refractivity contribution in [3.8, 4) is 6.07 Å². The lowest BCUT2D eigenvalue weighted by Gasteiger charge is -2.35. The Kier molecular flexibility index (Phi) is 6.04. The van der Waals surface area contributed by atoms with Gasteiger partial charge in [-0.3, -0.25) is 4.90 Å². The van der Waals surface area contributed by atoms with E-state index in [2.05, 4.69) is 35.2 Å². The Labute approximate surface area is 121 Å². The topological polar surface area (TPSA) is 47.3 Å². The number of hydrogen-bond donors (Lipinski definition) is 1. The normalized spacial score (nSPS) is 17.8. The van der Waals surface area contributed by atoms with Crippen LogP contribution in [0.5, 0.6) is 0 Å². The molecule has 0 aliphatic heterocycles. The van der Waals surface area contributed by atoms with Gasteiger partial charge in [0.25, 0.3) is 0 Å². The Balaban J connectivity index is 2.04. The summed E-state index contributed by atoms with van der Waals surface area (Å²) < 4.78 is 0. The van der Waals surface area contributed by atoms with Gasteiger partial charge in [0.1, 0.15) is 0 Å². The molecular weight excluding hydrogens is 248 g/mol. The van der Waals surface area contributed by atoms with E-state index in [1.807, 2.05) is 0 Å². The van der Waals surface area contributed by atoms with Gasteiger partial charge in [0.05, 0.1) is 12.7 Å². The van der Waals surface area contributed by atoms with Gasteiger partial charge >= 0.3 is 0 Å². The molecule has 0 radical (unpaired) electrons. The summed E-state index contributed by atoms with van der Waals surface area (Å²) in [5.74, 6) is 0. The number of benzene rings is 1. The molecule has 1 aromatic carbocycles. The highest BCUT2D eigenvalue weighted by Crippen LogP contribution is 2.34. The van der Waals surface area contributed by atoms with Crippen LogP contribution < -0.4 is 0 Å². The average Bonchev–Trinajstić information content (AvgIpc) is 2.50. The minimum absolute atomic E-state index is 0.205. The number of nitrogens with zero attached hydrogens (tertiary/aromatic N) is 2. The maximum Gasteiger partial charge on any atom is 0.0621 e. The molecule has 3 nitrogen and oxygen atoms in total. The third-order valence-corrected chi connectivity index (χ3v) is 4.15. The molecule has 2 rings (SSSR count). The Morgan fingerprint density at radius 3 is 2.90 bits per heavy atom. The Morgan fingerprint density at radius 2 is 2.10 bits per heavy atom. The number of hydrogen-bond acceptors (Lipinski definition) is 3. The summed E-state index contributed by atoms with van der Waals surface area (Å²) in [7, 11) is 0. The SMILES string of the molecule is N#CCCCCN(CCO)C1CCCc2ccccc21. The van der Waals surface area contributed by atoms with Crippen molar-refractivity contribution in [2.45, 2.75) is 44.6 Å². The standard InChI is InChI=1S/C17H24N2O/c18-11-4-1-5-12-19(13-14-20)17-10-6-8-15-7-2-3-9-16(15)17/h2-3,7,9,17,20H,1,4-6,8,10,12-14H2. The molecular formula is C17H24N2O. The highest BCUT2D eigenvalue weighted by molar-refractivity contribution is 5.32. The molecule has 0 aromatic heterocycles. The van der Waals surface area contributed by atoms with Crippen LogP contribution in [-0.4, -0.2) is 29.7 Å². The summed E-state index contributed by atoms with van der Waals surface area (Å²) in [6.45, 7) is 1.91. The molecule has 1 aromatic rings. The van der Waals surface area contributed by atoms with E-state index in [1.165, 1.54) is 30.4 Å². The Bertz CT molecular complexity index is 453. The van der Waals surface area contributed by atoms with Gasteiger partial charge in [0.2, 0.25) is 0 Å². The van der Waals surface area contributed by atoms with Gasteiger partial charge in [-0.1, -0.05) is 24.3 Å². The smallest absolute Gasteiger partial charge is 0.0621 e. The minimum atomic E-state index is 0.205. The summed E-state index contributed by atoms with van der Waals surface area (Å²) in [4.78, 5) is 2.40. The zero-order valence-corrected chi connectivity index (χ0v) is 12.1. The number of rotatable bonds is 7. The summed E-state index contributed by atoms with van der Waals surface area (Å²) in [5.41, 5.74) is 2.90. The van der Waals surface area contributed by atoms with E-state index in [0.29, 0.717) is 12.5 Å². The third-order valence-electron chi connectivity index (χ3n) is 4.15. The third kappa shape index (κ3) is 3.82. The van der Waals surface area contributed by atoms with E-state index in [9.17, 15) is 5.11 Å². The van der Waals surface area contributed by atoms with Gasteiger partial charge in [0.15, 0.2) is 0 Å². The highest BCUT2D eigenvalue weighted by atomic mass is 16.3. The first-order chi connectivity index (χ1) is 9.86. The second-order valence-electron chi connectivity index (χ2n) is 5.48. The number of aryl methyl sites for hydroxylation is 1. The first-order valence-electron chi connectivity index (χ1n) is 7.66. The van der Waals surface area contributed by atoms with E-state index in [1.54, 1.807) is 0 Å². The van der Waals surface area contributed by atoms with Crippen LogP contribution in [0.4, 0.5) is 0 Å². The molecule has 0 heterocycles. The van der Waals surface area contributed by atoms with Crippen molar-refractivity contribution in [2.24, 2.45) is 0 Å². The van der Waals surface area contributed by atoms with Crippen molar-refractivity contribution >= 4 is 0 Å². The number of nitriles is 1. The van der Waals surface area contributed by atoms with Crippen LogP contribution in [0.1, 0.15) is 49.3 Å². The maximum atomic E-state index is 9.32. The van der Waals surface area contributed by atoms with E-state index in [0.717, 1.165) is 25.9 Å². The fourth-order valence-corrected chi connectivity index (χ4v) is 3.18. The molecule has 1 aliphatic carbocycles. The zero-order chi connectivity index (χ0) is 14.2. The van der Waals surface area contributed by atoms with Crippen molar-refractivity contribution in [1.29, 1.82) is 5.26 Å². The summed E-state index contributed by atoms with van der Waals surface area (Å²) in [6.07, 6.45) is 6.19. The summed E-state index contributed by atoms with van der Waals surface area (Å²) >= 11 is 0. The van der Waals surface area contributed by atoms with Gasteiger partial charge in [-0.05, 0) is 49.8 Å². The fourth-order valence-electron chi connectivity index (χ4n) is 3.18. The summed E-state index contributed by atoms with van der Waals surface area (Å²) in [6, 6.07) is 11.3. The van der Waals surface area contributed by atoms with Crippen LogP contribution in [0, 0.1) is 11.3 Å². The molecule has 20 heavy (non-hydrogen) atoms. The monoisotopic (exact) mass is 272 g/mol. The van der Waals surface area contributed by atoms with Crippen LogP contribution in [0.25, 0.3) is 0 Å². The number of fused-ring (bicyclic) bond motifs is 1. The van der Waals surface area contributed by atoms with Crippen LogP contribution in [0.3, 0.4) is 0 Å². The molecule has 1 unspecified atom stereocenters. The zero-order valence-electron chi connectivity index (χ0n) is 12.1. The van der Waals surface area contributed by atoms with Gasteiger partial charge < -0.3 is 5.11 Å². The number of unbranched alkanes of at least 4 members (excludes halogenated alkanes) is 2. The first-order valence-corrected chi connectivity index (χ1v) is 7.66. The average molecular weight is 272 g/mol. The van der Waals surface area contributed by atoms with Crippen molar-refractivity contribution in [3.05, 3.63) is 35.4 Å². The lowest BCUT2D eigenvalue weighted by molar-refractivity contribution is 0.136. The fraction of sp³-hybridized carbons (Fsp3) is 0.588. The first kappa shape index (κ1) is 15.0. The van der Waals surface area contributed by atoms with Crippen LogP contribution in [-0.2, 0) is 6.42 Å². The van der Waals surface area contributed by atoms with E-state index in [-0.39, 0.29) is 6.61 Å². The molecule has 1 aliphatic rings. The molecule has 3 heteroatoms. The lowest BCUT2D eigenvalue weighted by Crippen LogP contribution is -2.34. The lowest BCUT2D eigenvalue weighted by atomic mass is 9.86. The maximum absolute atomic E-state index is 9.32. The molecule has 1 atom stereocenters. The summed E-state index contributed by atoms with van der Waals surface area (Å²) in [5, 5.41) is 17.9.